The van der Waals surface area contributed by atoms with E-state index in [1.54, 1.807) is 12.4 Å². The molecule has 5 heteroatoms. The summed E-state index contributed by atoms with van der Waals surface area (Å²) in [7, 11) is 2.09. The maximum atomic E-state index is 12.2. The summed E-state index contributed by atoms with van der Waals surface area (Å²) in [4.78, 5) is 24.1. The number of hydrogen-bond acceptors (Lipinski definition) is 4. The molecule has 1 aromatic rings. The molecule has 2 heterocycles. The van der Waals surface area contributed by atoms with Crippen molar-refractivity contribution in [1.82, 2.24) is 19.8 Å². The summed E-state index contributed by atoms with van der Waals surface area (Å²) in [5.41, 5.74) is 0.580. The lowest BCUT2D eigenvalue weighted by Gasteiger charge is -2.45. The van der Waals surface area contributed by atoms with E-state index in [0.29, 0.717) is 5.56 Å². The minimum Gasteiger partial charge on any atom is -0.335 e. The van der Waals surface area contributed by atoms with Crippen LogP contribution >= 0.6 is 0 Å². The molecule has 1 saturated heterocycles. The van der Waals surface area contributed by atoms with Crippen molar-refractivity contribution in [3.05, 3.63) is 24.3 Å². The number of nitrogens with zero attached hydrogens (tertiary/aromatic N) is 4. The number of carbonyl (C=O) groups excluding carboxylic acids is 1. The predicted molar refractivity (Wildman–Crippen MR) is 64.6 cm³/mol. The van der Waals surface area contributed by atoms with Crippen molar-refractivity contribution < 1.29 is 4.79 Å². The molecule has 1 aliphatic rings. The van der Waals surface area contributed by atoms with Crippen LogP contribution in [0.4, 0.5) is 0 Å². The van der Waals surface area contributed by atoms with Crippen LogP contribution < -0.4 is 0 Å². The standard InChI is InChI=1S/C12H18N4O/c1-12(2)8-16(5-4-15(12)3)11(17)10-6-13-9-14-7-10/h6-7,9H,4-5,8H2,1-3H3. The first kappa shape index (κ1) is 12.0. The Balaban J connectivity index is 2.12. The topological polar surface area (TPSA) is 49.3 Å². The zero-order chi connectivity index (χ0) is 12.5. The van der Waals surface area contributed by atoms with Crippen molar-refractivity contribution in [2.75, 3.05) is 26.7 Å². The molecular formula is C12H18N4O. The van der Waals surface area contributed by atoms with Gasteiger partial charge in [0.2, 0.25) is 0 Å². The molecule has 2 rings (SSSR count). The fourth-order valence-electron chi connectivity index (χ4n) is 2.01. The number of piperazine rings is 1. The molecule has 0 saturated carbocycles. The molecular weight excluding hydrogens is 216 g/mol. The average Bonchev–Trinajstić information content (AvgIpc) is 2.33. The van der Waals surface area contributed by atoms with Gasteiger partial charge in [-0.15, -0.1) is 0 Å². The molecule has 1 aliphatic heterocycles. The smallest absolute Gasteiger partial charge is 0.257 e. The zero-order valence-electron chi connectivity index (χ0n) is 10.6. The Hall–Kier alpha value is -1.49. The number of likely N-dealkylation sites (N-methyl/N-ethyl adjacent to an activating group) is 1. The van der Waals surface area contributed by atoms with Crippen LogP contribution in [0, 0.1) is 0 Å². The molecule has 0 bridgehead atoms. The second kappa shape index (κ2) is 4.41. The molecule has 5 nitrogen and oxygen atoms in total. The van der Waals surface area contributed by atoms with Crippen LogP contribution in [0.25, 0.3) is 0 Å². The van der Waals surface area contributed by atoms with E-state index in [-0.39, 0.29) is 11.4 Å². The van der Waals surface area contributed by atoms with Crippen molar-refractivity contribution in [3.8, 4) is 0 Å². The lowest BCUT2D eigenvalue weighted by molar-refractivity contribution is 0.0311. The largest absolute Gasteiger partial charge is 0.335 e. The van der Waals surface area contributed by atoms with Crippen LogP contribution in [-0.2, 0) is 0 Å². The third kappa shape index (κ3) is 2.44. The molecule has 1 fully saturated rings. The van der Waals surface area contributed by atoms with E-state index in [1.807, 2.05) is 4.90 Å². The van der Waals surface area contributed by atoms with Gasteiger partial charge in [-0.1, -0.05) is 0 Å². The van der Waals surface area contributed by atoms with Crippen molar-refractivity contribution in [2.24, 2.45) is 0 Å². The summed E-state index contributed by atoms with van der Waals surface area (Å²) in [5, 5.41) is 0. The van der Waals surface area contributed by atoms with Crippen LogP contribution in [-0.4, -0.2) is 57.9 Å². The highest BCUT2D eigenvalue weighted by molar-refractivity contribution is 5.93. The summed E-state index contributed by atoms with van der Waals surface area (Å²) in [6.07, 6.45) is 4.58. The number of amides is 1. The molecule has 0 unspecified atom stereocenters. The summed E-state index contributed by atoms with van der Waals surface area (Å²) >= 11 is 0. The van der Waals surface area contributed by atoms with Gasteiger partial charge in [-0.3, -0.25) is 9.69 Å². The van der Waals surface area contributed by atoms with Gasteiger partial charge < -0.3 is 4.90 Å². The van der Waals surface area contributed by atoms with E-state index in [9.17, 15) is 4.79 Å². The molecule has 0 aliphatic carbocycles. The van der Waals surface area contributed by atoms with E-state index in [0.717, 1.165) is 19.6 Å². The van der Waals surface area contributed by atoms with Crippen molar-refractivity contribution in [3.63, 3.8) is 0 Å². The monoisotopic (exact) mass is 234 g/mol. The van der Waals surface area contributed by atoms with E-state index in [2.05, 4.69) is 35.8 Å². The van der Waals surface area contributed by atoms with Gasteiger partial charge in [0.25, 0.3) is 5.91 Å². The van der Waals surface area contributed by atoms with E-state index in [1.165, 1.54) is 6.33 Å². The summed E-state index contributed by atoms with van der Waals surface area (Å²) < 4.78 is 0. The molecule has 1 aromatic heterocycles. The van der Waals surface area contributed by atoms with E-state index in [4.69, 9.17) is 0 Å². The van der Waals surface area contributed by atoms with Crippen molar-refractivity contribution in [1.29, 1.82) is 0 Å². The van der Waals surface area contributed by atoms with Crippen LogP contribution in [0.5, 0.6) is 0 Å². The Kier molecular flexibility index (Phi) is 3.11. The van der Waals surface area contributed by atoms with Gasteiger partial charge >= 0.3 is 0 Å². The Morgan fingerprint density at radius 3 is 2.53 bits per heavy atom. The molecule has 17 heavy (non-hydrogen) atoms. The zero-order valence-corrected chi connectivity index (χ0v) is 10.6. The Bertz CT molecular complexity index is 404. The Labute approximate surface area is 101 Å². The number of carbonyl (C=O) groups is 1. The van der Waals surface area contributed by atoms with Crippen LogP contribution in [0.2, 0.25) is 0 Å². The average molecular weight is 234 g/mol. The molecule has 0 aromatic carbocycles. The maximum Gasteiger partial charge on any atom is 0.257 e. The quantitative estimate of drug-likeness (QED) is 0.715. The van der Waals surface area contributed by atoms with Gasteiger partial charge in [0.1, 0.15) is 6.33 Å². The van der Waals surface area contributed by atoms with Crippen LogP contribution in [0.1, 0.15) is 24.2 Å². The van der Waals surface area contributed by atoms with Crippen LogP contribution in [0.15, 0.2) is 18.7 Å². The van der Waals surface area contributed by atoms with Gasteiger partial charge in [-0.2, -0.15) is 0 Å². The second-order valence-corrected chi connectivity index (χ2v) is 5.09. The fourth-order valence-corrected chi connectivity index (χ4v) is 2.01. The first-order valence-corrected chi connectivity index (χ1v) is 5.76. The molecule has 92 valence electrons. The summed E-state index contributed by atoms with van der Waals surface area (Å²) in [5.74, 6) is 0.0202. The second-order valence-electron chi connectivity index (χ2n) is 5.09. The molecule has 0 radical (unpaired) electrons. The molecule has 0 atom stereocenters. The SMILES string of the molecule is CN1CCN(C(=O)c2cncnc2)CC1(C)C. The minimum absolute atomic E-state index is 0.0174. The van der Waals surface area contributed by atoms with E-state index < -0.39 is 0 Å². The highest BCUT2D eigenvalue weighted by atomic mass is 16.2. The fraction of sp³-hybridized carbons (Fsp3) is 0.583. The molecule has 0 spiro atoms. The highest BCUT2D eigenvalue weighted by Crippen LogP contribution is 2.20. The summed E-state index contributed by atoms with van der Waals surface area (Å²) in [6, 6.07) is 0. The van der Waals surface area contributed by atoms with Crippen molar-refractivity contribution in [2.45, 2.75) is 19.4 Å². The third-order valence-electron chi connectivity index (χ3n) is 3.41. The summed E-state index contributed by atoms with van der Waals surface area (Å²) in [6.45, 7) is 6.68. The predicted octanol–water partition coefficient (Wildman–Crippen LogP) is 0.643. The van der Waals surface area contributed by atoms with Gasteiger partial charge in [-0.05, 0) is 20.9 Å². The molecule has 0 N–H and O–H groups in total. The third-order valence-corrected chi connectivity index (χ3v) is 3.41. The molecule has 1 amide bonds. The first-order chi connectivity index (χ1) is 8.00. The minimum atomic E-state index is 0.0174. The van der Waals surface area contributed by atoms with Gasteiger partial charge in [-0.25, -0.2) is 9.97 Å². The number of hydrogen-bond donors (Lipinski definition) is 0. The highest BCUT2D eigenvalue weighted by Gasteiger charge is 2.33. The lowest BCUT2D eigenvalue weighted by Crippen LogP contribution is -2.58. The van der Waals surface area contributed by atoms with E-state index >= 15 is 0 Å². The maximum absolute atomic E-state index is 12.2. The Morgan fingerprint density at radius 2 is 1.94 bits per heavy atom. The van der Waals surface area contributed by atoms with Gasteiger partial charge in [0.15, 0.2) is 0 Å². The Morgan fingerprint density at radius 1 is 1.29 bits per heavy atom. The first-order valence-electron chi connectivity index (χ1n) is 5.76. The number of aromatic nitrogens is 2. The van der Waals surface area contributed by atoms with Gasteiger partial charge in [0.05, 0.1) is 5.56 Å². The van der Waals surface area contributed by atoms with Gasteiger partial charge in [0, 0.05) is 37.6 Å². The number of rotatable bonds is 1. The normalized spacial score (nSPS) is 20.3. The van der Waals surface area contributed by atoms with Crippen molar-refractivity contribution >= 4 is 5.91 Å². The van der Waals surface area contributed by atoms with Crippen LogP contribution in [0.3, 0.4) is 0 Å². The lowest BCUT2D eigenvalue weighted by atomic mass is 9.99.